The van der Waals surface area contributed by atoms with Crippen LogP contribution in [-0.4, -0.2) is 48.4 Å². The molecule has 0 aromatic carbocycles. The Bertz CT molecular complexity index is 386. The van der Waals surface area contributed by atoms with Crippen LogP contribution >= 0.6 is 27.3 Å². The Hall–Kier alpha value is -0.390. The van der Waals surface area contributed by atoms with Crippen LogP contribution in [0.4, 0.5) is 0 Å². The summed E-state index contributed by atoms with van der Waals surface area (Å²) in [7, 11) is 0. The van der Waals surface area contributed by atoms with Crippen molar-refractivity contribution in [3.63, 3.8) is 0 Å². The molecule has 0 saturated carbocycles. The Morgan fingerprint density at radius 1 is 1.41 bits per heavy atom. The minimum Gasteiger partial charge on any atom is -0.335 e. The van der Waals surface area contributed by atoms with E-state index in [1.54, 1.807) is 0 Å². The van der Waals surface area contributed by atoms with Crippen LogP contribution in [0.3, 0.4) is 0 Å². The van der Waals surface area contributed by atoms with E-state index in [1.165, 1.54) is 17.8 Å². The molecule has 1 fully saturated rings. The third kappa shape index (κ3) is 3.30. The van der Waals surface area contributed by atoms with Crippen LogP contribution in [0.25, 0.3) is 0 Å². The Labute approximate surface area is 115 Å². The minimum absolute atomic E-state index is 0.178. The average Bonchev–Trinajstić information content (AvgIpc) is 2.76. The van der Waals surface area contributed by atoms with Crippen molar-refractivity contribution >= 4 is 33.2 Å². The van der Waals surface area contributed by atoms with Gasteiger partial charge in [-0.1, -0.05) is 6.92 Å². The predicted octanol–water partition coefficient (Wildman–Crippen LogP) is 2.68. The highest BCUT2D eigenvalue weighted by molar-refractivity contribution is 9.10. The van der Waals surface area contributed by atoms with Gasteiger partial charge in [-0.05, 0) is 35.0 Å². The first-order valence-corrected chi connectivity index (χ1v) is 7.63. The molecule has 0 unspecified atom stereocenters. The van der Waals surface area contributed by atoms with E-state index in [-0.39, 0.29) is 5.91 Å². The summed E-state index contributed by atoms with van der Waals surface area (Å²) in [6.07, 6.45) is 1.19. The van der Waals surface area contributed by atoms with E-state index in [9.17, 15) is 4.79 Å². The number of hydrogen-bond donors (Lipinski definition) is 0. The first kappa shape index (κ1) is 13.1. The fraction of sp³-hybridized carbons (Fsp3) is 0.583. The van der Waals surface area contributed by atoms with Gasteiger partial charge in [-0.15, -0.1) is 11.3 Å². The zero-order valence-electron chi connectivity index (χ0n) is 9.99. The third-order valence-corrected chi connectivity index (χ3v) is 4.66. The molecule has 1 aliphatic rings. The summed E-state index contributed by atoms with van der Waals surface area (Å²) in [4.78, 5) is 17.4. The monoisotopic (exact) mass is 316 g/mol. The minimum atomic E-state index is 0.178. The molecule has 3 nitrogen and oxygen atoms in total. The molecular formula is C12H17BrN2OS. The van der Waals surface area contributed by atoms with E-state index < -0.39 is 0 Å². The van der Waals surface area contributed by atoms with Gasteiger partial charge in [-0.25, -0.2) is 0 Å². The normalized spacial score (nSPS) is 17.4. The van der Waals surface area contributed by atoms with Gasteiger partial charge < -0.3 is 4.90 Å². The van der Waals surface area contributed by atoms with Crippen molar-refractivity contribution in [3.05, 3.63) is 20.8 Å². The summed E-state index contributed by atoms with van der Waals surface area (Å²) in [6.45, 7) is 7.06. The van der Waals surface area contributed by atoms with E-state index in [4.69, 9.17) is 0 Å². The van der Waals surface area contributed by atoms with Crippen molar-refractivity contribution in [2.45, 2.75) is 13.3 Å². The van der Waals surface area contributed by atoms with Crippen LogP contribution in [0.2, 0.25) is 0 Å². The Balaban J connectivity index is 1.90. The Morgan fingerprint density at radius 3 is 2.65 bits per heavy atom. The number of nitrogens with zero attached hydrogens (tertiary/aromatic N) is 2. The molecule has 0 aliphatic carbocycles. The number of rotatable bonds is 3. The molecule has 94 valence electrons. The molecule has 1 aromatic heterocycles. The van der Waals surface area contributed by atoms with Crippen LogP contribution in [0.1, 0.15) is 23.0 Å². The van der Waals surface area contributed by atoms with Crippen LogP contribution in [0.5, 0.6) is 0 Å². The van der Waals surface area contributed by atoms with E-state index in [2.05, 4.69) is 27.8 Å². The second kappa shape index (κ2) is 5.98. The van der Waals surface area contributed by atoms with Gasteiger partial charge in [0.1, 0.15) is 0 Å². The molecule has 0 N–H and O–H groups in total. The van der Waals surface area contributed by atoms with Crippen molar-refractivity contribution in [1.82, 2.24) is 9.80 Å². The summed E-state index contributed by atoms with van der Waals surface area (Å²) in [5, 5.41) is 1.96. The number of carbonyl (C=O) groups is 1. The van der Waals surface area contributed by atoms with Crippen molar-refractivity contribution in [2.24, 2.45) is 0 Å². The van der Waals surface area contributed by atoms with E-state index in [0.29, 0.717) is 0 Å². The topological polar surface area (TPSA) is 23.6 Å². The molecule has 5 heteroatoms. The van der Waals surface area contributed by atoms with Gasteiger partial charge in [0, 0.05) is 36.0 Å². The number of piperazine rings is 1. The molecule has 17 heavy (non-hydrogen) atoms. The fourth-order valence-electron chi connectivity index (χ4n) is 2.07. The highest BCUT2D eigenvalue weighted by Gasteiger charge is 2.22. The third-order valence-electron chi connectivity index (χ3n) is 2.98. The Kier molecular flexibility index (Phi) is 4.59. The van der Waals surface area contributed by atoms with Crippen LogP contribution in [-0.2, 0) is 0 Å². The second-order valence-corrected chi connectivity index (χ2v) is 6.09. The fourth-order valence-corrected chi connectivity index (χ4v) is 3.47. The van der Waals surface area contributed by atoms with Crippen molar-refractivity contribution < 1.29 is 4.79 Å². The highest BCUT2D eigenvalue weighted by Crippen LogP contribution is 2.21. The van der Waals surface area contributed by atoms with Gasteiger partial charge in [0.2, 0.25) is 0 Å². The lowest BCUT2D eigenvalue weighted by Crippen LogP contribution is -2.48. The Morgan fingerprint density at radius 2 is 2.12 bits per heavy atom. The quantitative estimate of drug-likeness (QED) is 0.856. The maximum absolute atomic E-state index is 12.2. The largest absolute Gasteiger partial charge is 0.335 e. The molecule has 1 saturated heterocycles. The number of halogens is 1. The van der Waals surface area contributed by atoms with Crippen LogP contribution in [0.15, 0.2) is 15.9 Å². The molecule has 1 aliphatic heterocycles. The lowest BCUT2D eigenvalue weighted by Gasteiger charge is -2.34. The highest BCUT2D eigenvalue weighted by atomic mass is 79.9. The first-order valence-electron chi connectivity index (χ1n) is 5.96. The molecule has 0 radical (unpaired) electrons. The number of amides is 1. The zero-order valence-corrected chi connectivity index (χ0v) is 12.4. The van der Waals surface area contributed by atoms with Crippen LogP contribution in [0, 0.1) is 0 Å². The van der Waals surface area contributed by atoms with Crippen molar-refractivity contribution in [1.29, 1.82) is 0 Å². The molecular weight excluding hydrogens is 300 g/mol. The maximum Gasteiger partial charge on any atom is 0.264 e. The standard InChI is InChI=1S/C12H17BrN2OS/c1-2-3-14-4-6-15(7-5-14)12(16)11-8-10(13)9-17-11/h8-9H,2-7H2,1H3. The molecule has 1 amide bonds. The smallest absolute Gasteiger partial charge is 0.264 e. The number of carbonyl (C=O) groups excluding carboxylic acids is 1. The van der Waals surface area contributed by atoms with E-state index in [1.807, 2.05) is 16.3 Å². The summed E-state index contributed by atoms with van der Waals surface area (Å²) in [6, 6.07) is 1.91. The molecule has 2 rings (SSSR count). The summed E-state index contributed by atoms with van der Waals surface area (Å²) < 4.78 is 0.996. The lowest BCUT2D eigenvalue weighted by molar-refractivity contribution is 0.0642. The molecule has 1 aromatic rings. The van der Waals surface area contributed by atoms with Crippen molar-refractivity contribution in [3.8, 4) is 0 Å². The molecule has 0 spiro atoms. The summed E-state index contributed by atoms with van der Waals surface area (Å²) in [5.41, 5.74) is 0. The van der Waals surface area contributed by atoms with Gasteiger partial charge >= 0.3 is 0 Å². The predicted molar refractivity (Wildman–Crippen MR) is 74.7 cm³/mol. The number of hydrogen-bond acceptors (Lipinski definition) is 3. The molecule has 0 atom stereocenters. The van der Waals surface area contributed by atoms with Crippen molar-refractivity contribution in [2.75, 3.05) is 32.7 Å². The zero-order chi connectivity index (χ0) is 12.3. The summed E-state index contributed by atoms with van der Waals surface area (Å²) >= 11 is 4.90. The van der Waals surface area contributed by atoms with Gasteiger partial charge in [0.25, 0.3) is 5.91 Å². The molecule has 0 bridgehead atoms. The van der Waals surface area contributed by atoms with E-state index >= 15 is 0 Å². The second-order valence-electron chi connectivity index (χ2n) is 4.26. The van der Waals surface area contributed by atoms with Gasteiger partial charge in [0.05, 0.1) is 4.88 Å². The number of thiophene rings is 1. The van der Waals surface area contributed by atoms with Crippen LogP contribution < -0.4 is 0 Å². The summed E-state index contributed by atoms with van der Waals surface area (Å²) in [5.74, 6) is 0.178. The average molecular weight is 317 g/mol. The molecule has 2 heterocycles. The SMILES string of the molecule is CCCN1CCN(C(=O)c2cc(Br)cs2)CC1. The van der Waals surface area contributed by atoms with Gasteiger partial charge in [-0.2, -0.15) is 0 Å². The maximum atomic E-state index is 12.2. The lowest BCUT2D eigenvalue weighted by atomic mass is 10.3. The van der Waals surface area contributed by atoms with Gasteiger partial charge in [0.15, 0.2) is 0 Å². The van der Waals surface area contributed by atoms with Gasteiger partial charge in [-0.3, -0.25) is 9.69 Å². The van der Waals surface area contributed by atoms with E-state index in [0.717, 1.165) is 42.1 Å². The first-order chi connectivity index (χ1) is 8.20.